The highest BCUT2D eigenvalue weighted by molar-refractivity contribution is 6.30. The van der Waals surface area contributed by atoms with Crippen LogP contribution in [0.3, 0.4) is 0 Å². The van der Waals surface area contributed by atoms with Crippen LogP contribution in [-0.4, -0.2) is 42.0 Å². The molecule has 1 fully saturated rings. The van der Waals surface area contributed by atoms with Crippen molar-refractivity contribution in [1.82, 2.24) is 9.88 Å². The topological polar surface area (TPSA) is 60.2 Å². The van der Waals surface area contributed by atoms with E-state index in [-0.39, 0.29) is 5.91 Å². The summed E-state index contributed by atoms with van der Waals surface area (Å²) in [5, 5.41) is 9.89. The number of hydrogen-bond donors (Lipinski definition) is 0. The molecule has 0 atom stereocenters. The largest absolute Gasteiger partial charge is 0.352 e. The van der Waals surface area contributed by atoms with Gasteiger partial charge in [-0.2, -0.15) is 5.26 Å². The van der Waals surface area contributed by atoms with Crippen molar-refractivity contribution in [1.29, 1.82) is 5.26 Å². The second-order valence-electron chi connectivity index (χ2n) is 5.98. The Kier molecular flexibility index (Phi) is 5.52. The van der Waals surface area contributed by atoms with Crippen LogP contribution < -0.4 is 4.90 Å². The highest BCUT2D eigenvalue weighted by atomic mass is 35.5. The van der Waals surface area contributed by atoms with Gasteiger partial charge in [0.1, 0.15) is 11.9 Å². The fraction of sp³-hybridized carbons (Fsp3) is 0.316. The molecule has 0 saturated carbocycles. The molecule has 0 bridgehead atoms. The van der Waals surface area contributed by atoms with E-state index in [1.54, 1.807) is 18.3 Å². The molecule has 0 spiro atoms. The van der Waals surface area contributed by atoms with Crippen molar-refractivity contribution in [3.8, 4) is 6.07 Å². The van der Waals surface area contributed by atoms with Gasteiger partial charge < -0.3 is 9.80 Å². The van der Waals surface area contributed by atoms with E-state index in [2.05, 4.69) is 16.0 Å². The van der Waals surface area contributed by atoms with Crippen molar-refractivity contribution in [2.45, 2.75) is 12.8 Å². The Labute approximate surface area is 152 Å². The van der Waals surface area contributed by atoms with Crippen LogP contribution in [-0.2, 0) is 11.2 Å². The van der Waals surface area contributed by atoms with E-state index in [4.69, 9.17) is 11.6 Å². The zero-order valence-corrected chi connectivity index (χ0v) is 14.6. The van der Waals surface area contributed by atoms with Gasteiger partial charge in [-0.25, -0.2) is 4.98 Å². The molecule has 1 aliphatic heterocycles. The molecule has 6 heteroatoms. The van der Waals surface area contributed by atoms with E-state index in [9.17, 15) is 10.1 Å². The van der Waals surface area contributed by atoms with Gasteiger partial charge >= 0.3 is 0 Å². The summed E-state index contributed by atoms with van der Waals surface area (Å²) in [7, 11) is 0. The minimum atomic E-state index is 0.154. The lowest BCUT2D eigenvalue weighted by Gasteiger charge is -2.35. The summed E-state index contributed by atoms with van der Waals surface area (Å²) in [5.41, 5.74) is 1.65. The minimum absolute atomic E-state index is 0.154. The average molecular weight is 355 g/mol. The van der Waals surface area contributed by atoms with Crippen molar-refractivity contribution in [2.75, 3.05) is 31.1 Å². The number of carbonyl (C=O) groups excluding carboxylic acids is 1. The van der Waals surface area contributed by atoms with Gasteiger partial charge in [-0.1, -0.05) is 23.7 Å². The molecule has 1 aromatic carbocycles. The van der Waals surface area contributed by atoms with Crippen LogP contribution in [0.4, 0.5) is 5.82 Å². The lowest BCUT2D eigenvalue weighted by Crippen LogP contribution is -2.49. The molecule has 3 rings (SSSR count). The molecule has 1 amide bonds. The quantitative estimate of drug-likeness (QED) is 0.847. The fourth-order valence-corrected chi connectivity index (χ4v) is 3.22. The molecule has 2 heterocycles. The van der Waals surface area contributed by atoms with Crippen molar-refractivity contribution in [2.24, 2.45) is 0 Å². The number of benzene rings is 1. The average Bonchev–Trinajstić information content (AvgIpc) is 2.66. The van der Waals surface area contributed by atoms with Gasteiger partial charge in [0.2, 0.25) is 5.91 Å². The summed E-state index contributed by atoms with van der Waals surface area (Å²) in [6, 6.07) is 13.3. The lowest BCUT2D eigenvalue weighted by atomic mass is 10.1. The van der Waals surface area contributed by atoms with Crippen LogP contribution in [0, 0.1) is 11.3 Å². The van der Waals surface area contributed by atoms with Gasteiger partial charge in [-0.3, -0.25) is 4.79 Å². The Hall–Kier alpha value is -2.58. The van der Waals surface area contributed by atoms with E-state index in [0.717, 1.165) is 5.56 Å². The van der Waals surface area contributed by atoms with Crippen LogP contribution in [0.1, 0.15) is 17.5 Å². The summed E-state index contributed by atoms with van der Waals surface area (Å²) < 4.78 is 0. The number of aryl methyl sites for hydroxylation is 1. The standard InChI is InChI=1S/C19H19ClN4O/c20-17-5-1-3-15(13-17)6-7-18(25)23-9-11-24(12-10-23)19-16(14-21)4-2-8-22-19/h1-5,8,13H,6-7,9-12H2. The Morgan fingerprint density at radius 3 is 2.72 bits per heavy atom. The first-order valence-corrected chi connectivity index (χ1v) is 8.67. The summed E-state index contributed by atoms with van der Waals surface area (Å²) in [6.45, 7) is 2.68. The maximum atomic E-state index is 12.4. The van der Waals surface area contributed by atoms with Gasteiger partial charge in [0.05, 0.1) is 5.56 Å². The molecule has 0 aliphatic carbocycles. The summed E-state index contributed by atoms with van der Waals surface area (Å²) in [5.74, 6) is 0.858. The number of carbonyl (C=O) groups is 1. The van der Waals surface area contributed by atoms with E-state index < -0.39 is 0 Å². The Morgan fingerprint density at radius 1 is 1.20 bits per heavy atom. The summed E-state index contributed by atoms with van der Waals surface area (Å²) in [4.78, 5) is 20.7. The van der Waals surface area contributed by atoms with Crippen molar-refractivity contribution < 1.29 is 4.79 Å². The highest BCUT2D eigenvalue weighted by Crippen LogP contribution is 2.19. The number of hydrogen-bond acceptors (Lipinski definition) is 4. The second-order valence-corrected chi connectivity index (χ2v) is 6.42. The molecule has 1 aliphatic rings. The lowest BCUT2D eigenvalue weighted by molar-refractivity contribution is -0.131. The third-order valence-electron chi connectivity index (χ3n) is 4.36. The SMILES string of the molecule is N#Cc1cccnc1N1CCN(C(=O)CCc2cccc(Cl)c2)CC1. The molecular formula is C19H19ClN4O. The van der Waals surface area contributed by atoms with Gasteiger partial charge in [0.25, 0.3) is 0 Å². The molecule has 128 valence electrons. The number of piperazine rings is 1. The number of aromatic nitrogens is 1. The van der Waals surface area contributed by atoms with Crippen molar-refractivity contribution in [3.05, 3.63) is 58.7 Å². The zero-order valence-electron chi connectivity index (χ0n) is 13.9. The Bertz CT molecular complexity index is 794. The number of halogens is 1. The highest BCUT2D eigenvalue weighted by Gasteiger charge is 2.23. The molecule has 0 radical (unpaired) electrons. The maximum absolute atomic E-state index is 12.4. The first kappa shape index (κ1) is 17.2. The molecular weight excluding hydrogens is 336 g/mol. The van der Waals surface area contributed by atoms with Crippen LogP contribution in [0.25, 0.3) is 0 Å². The van der Waals surface area contributed by atoms with Crippen LogP contribution in [0.15, 0.2) is 42.6 Å². The van der Waals surface area contributed by atoms with E-state index in [1.165, 1.54) is 0 Å². The monoisotopic (exact) mass is 354 g/mol. The number of nitrogens with zero attached hydrogens (tertiary/aromatic N) is 4. The Balaban J connectivity index is 1.53. The molecule has 5 nitrogen and oxygen atoms in total. The smallest absolute Gasteiger partial charge is 0.223 e. The van der Waals surface area contributed by atoms with Gasteiger partial charge in [-0.15, -0.1) is 0 Å². The maximum Gasteiger partial charge on any atom is 0.223 e. The molecule has 0 N–H and O–H groups in total. The van der Waals surface area contributed by atoms with E-state index in [0.29, 0.717) is 55.4 Å². The van der Waals surface area contributed by atoms with Gasteiger partial charge in [0.15, 0.2) is 0 Å². The number of anilines is 1. The predicted octanol–water partition coefficient (Wildman–Crippen LogP) is 2.89. The molecule has 2 aromatic rings. The van der Waals surface area contributed by atoms with Gasteiger partial charge in [0, 0.05) is 43.8 Å². The van der Waals surface area contributed by atoms with E-state index >= 15 is 0 Å². The zero-order chi connectivity index (χ0) is 17.6. The Morgan fingerprint density at radius 2 is 2.00 bits per heavy atom. The normalized spacial score (nSPS) is 14.2. The third-order valence-corrected chi connectivity index (χ3v) is 4.59. The molecule has 1 saturated heterocycles. The van der Waals surface area contributed by atoms with Crippen molar-refractivity contribution >= 4 is 23.3 Å². The van der Waals surface area contributed by atoms with Crippen molar-refractivity contribution in [3.63, 3.8) is 0 Å². The van der Waals surface area contributed by atoms with Crippen LogP contribution >= 0.6 is 11.6 Å². The first-order chi connectivity index (χ1) is 12.2. The number of amides is 1. The van der Waals surface area contributed by atoms with E-state index in [1.807, 2.05) is 29.2 Å². The summed E-state index contributed by atoms with van der Waals surface area (Å²) in [6.07, 6.45) is 2.87. The third kappa shape index (κ3) is 4.28. The minimum Gasteiger partial charge on any atom is -0.352 e. The number of nitriles is 1. The van der Waals surface area contributed by atoms with Gasteiger partial charge in [-0.05, 0) is 36.2 Å². The second kappa shape index (κ2) is 8.00. The predicted molar refractivity (Wildman–Crippen MR) is 97.5 cm³/mol. The first-order valence-electron chi connectivity index (χ1n) is 8.29. The van der Waals surface area contributed by atoms with Crippen LogP contribution in [0.5, 0.6) is 0 Å². The fourth-order valence-electron chi connectivity index (χ4n) is 3.01. The van der Waals surface area contributed by atoms with Crippen LogP contribution in [0.2, 0.25) is 5.02 Å². The molecule has 1 aromatic heterocycles. The number of pyridine rings is 1. The number of rotatable bonds is 4. The molecule has 0 unspecified atom stereocenters. The molecule has 25 heavy (non-hydrogen) atoms. The summed E-state index contributed by atoms with van der Waals surface area (Å²) >= 11 is 5.98.